The van der Waals surface area contributed by atoms with Gasteiger partial charge in [-0.3, -0.25) is 0 Å². The zero-order chi connectivity index (χ0) is 17.9. The summed E-state index contributed by atoms with van der Waals surface area (Å²) in [4.78, 5) is 11.4. The van der Waals surface area contributed by atoms with Crippen LogP contribution >= 0.6 is 0 Å². The van der Waals surface area contributed by atoms with Crippen molar-refractivity contribution >= 4 is 11.9 Å². The molecule has 0 spiro atoms. The Morgan fingerprint density at radius 1 is 1.25 bits per heavy atom. The molecule has 0 aliphatic rings. The summed E-state index contributed by atoms with van der Waals surface area (Å²) in [7, 11) is 0. The number of anilines is 1. The van der Waals surface area contributed by atoms with E-state index in [1.165, 1.54) is 0 Å². The smallest absolute Gasteiger partial charge is 0.405 e. The van der Waals surface area contributed by atoms with Crippen LogP contribution in [0.1, 0.15) is 44.4 Å². The van der Waals surface area contributed by atoms with Gasteiger partial charge in [0.25, 0.3) is 0 Å². The average molecular weight is 328 g/mol. The Hall–Kier alpha value is -2.63. The molecule has 0 unspecified atom stereocenters. The van der Waals surface area contributed by atoms with E-state index in [1.54, 1.807) is 6.07 Å². The minimum absolute atomic E-state index is 0.0822. The first-order valence-electron chi connectivity index (χ1n) is 7.82. The molecule has 0 saturated heterocycles. The fourth-order valence-electron chi connectivity index (χ4n) is 2.63. The molecule has 0 aliphatic carbocycles. The molecule has 1 atom stereocenters. The maximum atomic E-state index is 11.4. The Morgan fingerprint density at radius 2 is 1.92 bits per heavy atom. The molecule has 2 rings (SSSR count). The summed E-state index contributed by atoms with van der Waals surface area (Å²) in [5.74, 6) is 0.273. The molecule has 0 saturated carbocycles. The van der Waals surface area contributed by atoms with Crippen LogP contribution in [0.3, 0.4) is 0 Å². The Bertz CT molecular complexity index is 738. The number of carbonyl (C=O) groups excluding carboxylic acids is 1. The van der Waals surface area contributed by atoms with Gasteiger partial charge in [-0.2, -0.15) is 0 Å². The number of nitrogens with two attached hydrogens (primary N) is 2. The van der Waals surface area contributed by atoms with Gasteiger partial charge in [0, 0.05) is 11.1 Å². The second kappa shape index (κ2) is 6.86. The van der Waals surface area contributed by atoms with Crippen molar-refractivity contribution in [3.63, 3.8) is 0 Å². The van der Waals surface area contributed by atoms with Gasteiger partial charge < -0.3 is 16.2 Å². The third-order valence-electron chi connectivity index (χ3n) is 3.65. The van der Waals surface area contributed by atoms with Crippen molar-refractivity contribution in [3.8, 4) is 11.3 Å². The second-order valence-corrected chi connectivity index (χ2v) is 7.08. The molecule has 128 valence electrons. The number of hydrogen-bond donors (Lipinski definition) is 2. The number of amides is 1. The largest absolute Gasteiger partial charge is 0.441 e. The van der Waals surface area contributed by atoms with Gasteiger partial charge in [0.05, 0.1) is 0 Å². The van der Waals surface area contributed by atoms with Crippen LogP contribution in [0, 0.1) is 12.3 Å². The van der Waals surface area contributed by atoms with E-state index in [1.807, 2.05) is 31.2 Å². The number of aryl methyl sites for hydroxylation is 1. The number of primary amides is 1. The van der Waals surface area contributed by atoms with Gasteiger partial charge in [0.15, 0.2) is 0 Å². The molecule has 2 aromatic rings. The molecule has 0 bridgehead atoms. The predicted molar refractivity (Wildman–Crippen MR) is 94.1 cm³/mol. The molecule has 1 aromatic heterocycles. The average Bonchev–Trinajstić information content (AvgIpc) is 2.45. The van der Waals surface area contributed by atoms with E-state index >= 15 is 0 Å². The van der Waals surface area contributed by atoms with Gasteiger partial charge in [-0.25, -0.2) is 4.79 Å². The van der Waals surface area contributed by atoms with Crippen LogP contribution in [-0.4, -0.2) is 16.3 Å². The SMILES string of the molecule is Cc1ccccc1-c1nnc(N)cc1[C@H](CC(C)(C)C)OC(N)=O. The van der Waals surface area contributed by atoms with Crippen LogP contribution in [0.4, 0.5) is 10.6 Å². The Balaban J connectivity index is 2.59. The molecule has 0 aliphatic heterocycles. The van der Waals surface area contributed by atoms with Gasteiger partial charge in [-0.05, 0) is 30.4 Å². The lowest BCUT2D eigenvalue weighted by molar-refractivity contribution is 0.0790. The highest BCUT2D eigenvalue weighted by Gasteiger charge is 2.27. The number of nitrogens with zero attached hydrogens (tertiary/aromatic N) is 2. The minimum atomic E-state index is -0.824. The van der Waals surface area contributed by atoms with Crippen molar-refractivity contribution in [1.82, 2.24) is 10.2 Å². The number of benzene rings is 1. The van der Waals surface area contributed by atoms with Gasteiger partial charge in [0.1, 0.15) is 17.6 Å². The lowest BCUT2D eigenvalue weighted by Gasteiger charge is -2.27. The highest BCUT2D eigenvalue weighted by molar-refractivity contribution is 5.69. The van der Waals surface area contributed by atoms with Gasteiger partial charge in [0.2, 0.25) is 0 Å². The molecule has 6 nitrogen and oxygen atoms in total. The molecule has 1 heterocycles. The number of carbonyl (C=O) groups is 1. The van der Waals surface area contributed by atoms with Gasteiger partial charge >= 0.3 is 6.09 Å². The highest BCUT2D eigenvalue weighted by atomic mass is 16.6. The van der Waals surface area contributed by atoms with E-state index in [-0.39, 0.29) is 11.2 Å². The first kappa shape index (κ1) is 17.7. The number of nitrogen functional groups attached to an aromatic ring is 1. The predicted octanol–water partition coefficient (Wildman–Crippen LogP) is 3.61. The lowest BCUT2D eigenvalue weighted by atomic mass is 9.85. The van der Waals surface area contributed by atoms with E-state index in [9.17, 15) is 4.79 Å². The van der Waals surface area contributed by atoms with Gasteiger partial charge in [-0.1, -0.05) is 45.0 Å². The molecule has 4 N–H and O–H groups in total. The lowest BCUT2D eigenvalue weighted by Crippen LogP contribution is -2.22. The summed E-state index contributed by atoms with van der Waals surface area (Å²) < 4.78 is 5.38. The van der Waals surface area contributed by atoms with E-state index < -0.39 is 12.2 Å². The van der Waals surface area contributed by atoms with Crippen LogP contribution in [0.15, 0.2) is 30.3 Å². The maximum absolute atomic E-state index is 11.4. The summed E-state index contributed by atoms with van der Waals surface area (Å²) >= 11 is 0. The minimum Gasteiger partial charge on any atom is -0.441 e. The molecule has 1 amide bonds. The summed E-state index contributed by atoms with van der Waals surface area (Å²) in [5, 5.41) is 8.23. The third-order valence-corrected chi connectivity index (χ3v) is 3.65. The molecule has 0 radical (unpaired) electrons. The molecule has 24 heavy (non-hydrogen) atoms. The summed E-state index contributed by atoms with van der Waals surface area (Å²) in [5.41, 5.74) is 14.4. The number of rotatable bonds is 4. The summed E-state index contributed by atoms with van der Waals surface area (Å²) in [6, 6.07) is 9.53. The van der Waals surface area contributed by atoms with Crippen molar-refractivity contribution in [2.75, 3.05) is 5.73 Å². The fraction of sp³-hybridized carbons (Fsp3) is 0.389. The first-order chi connectivity index (χ1) is 11.2. The van der Waals surface area contributed by atoms with Crippen molar-refractivity contribution in [2.24, 2.45) is 11.1 Å². The van der Waals surface area contributed by atoms with Crippen molar-refractivity contribution < 1.29 is 9.53 Å². The van der Waals surface area contributed by atoms with Crippen LogP contribution < -0.4 is 11.5 Å². The third kappa shape index (κ3) is 4.44. The van der Waals surface area contributed by atoms with E-state index in [2.05, 4.69) is 31.0 Å². The van der Waals surface area contributed by atoms with Crippen LogP contribution in [0.5, 0.6) is 0 Å². The van der Waals surface area contributed by atoms with Crippen molar-refractivity contribution in [1.29, 1.82) is 0 Å². The Morgan fingerprint density at radius 3 is 2.50 bits per heavy atom. The molecule has 1 aromatic carbocycles. The monoisotopic (exact) mass is 328 g/mol. The van der Waals surface area contributed by atoms with Crippen LogP contribution in [0.2, 0.25) is 0 Å². The van der Waals surface area contributed by atoms with Crippen molar-refractivity contribution in [3.05, 3.63) is 41.5 Å². The van der Waals surface area contributed by atoms with E-state index in [4.69, 9.17) is 16.2 Å². The normalized spacial score (nSPS) is 12.7. The zero-order valence-electron chi connectivity index (χ0n) is 14.5. The first-order valence-corrected chi connectivity index (χ1v) is 7.82. The summed E-state index contributed by atoms with van der Waals surface area (Å²) in [6.07, 6.45) is -0.787. The van der Waals surface area contributed by atoms with E-state index in [0.29, 0.717) is 17.7 Å². The molecular weight excluding hydrogens is 304 g/mol. The number of hydrogen-bond acceptors (Lipinski definition) is 5. The number of aromatic nitrogens is 2. The Labute approximate surface area is 142 Å². The number of ether oxygens (including phenoxy) is 1. The van der Waals surface area contributed by atoms with E-state index in [0.717, 1.165) is 11.1 Å². The molecule has 0 fully saturated rings. The van der Waals surface area contributed by atoms with Crippen LogP contribution in [0.25, 0.3) is 11.3 Å². The summed E-state index contributed by atoms with van der Waals surface area (Å²) in [6.45, 7) is 8.19. The van der Waals surface area contributed by atoms with Gasteiger partial charge in [-0.15, -0.1) is 10.2 Å². The van der Waals surface area contributed by atoms with Crippen molar-refractivity contribution in [2.45, 2.75) is 40.2 Å². The maximum Gasteiger partial charge on any atom is 0.405 e. The quantitative estimate of drug-likeness (QED) is 0.892. The second-order valence-electron chi connectivity index (χ2n) is 7.08. The Kier molecular flexibility index (Phi) is 5.07. The van der Waals surface area contributed by atoms with Crippen LogP contribution in [-0.2, 0) is 4.74 Å². The highest BCUT2D eigenvalue weighted by Crippen LogP contribution is 2.37. The topological polar surface area (TPSA) is 104 Å². The molecular formula is C18H24N4O2. The molecule has 6 heteroatoms. The zero-order valence-corrected chi connectivity index (χ0v) is 14.5. The fourth-order valence-corrected chi connectivity index (χ4v) is 2.63. The standard InChI is InChI=1S/C18H24N4O2/c1-11-7-5-6-8-12(11)16-13(9-15(19)21-22-16)14(24-17(20)23)10-18(2,3)4/h5-9,14H,10H2,1-4H3,(H2,19,21)(H2,20,23)/t14-/m0/s1.